The first-order valence-electron chi connectivity index (χ1n) is 4.16. The number of rotatable bonds is 2. The molecule has 0 atom stereocenters. The van der Waals surface area contributed by atoms with Crippen LogP contribution in [0.5, 0.6) is 0 Å². The summed E-state index contributed by atoms with van der Waals surface area (Å²) in [4.78, 5) is 15.5. The summed E-state index contributed by atoms with van der Waals surface area (Å²) < 4.78 is 0.812. The summed E-state index contributed by atoms with van der Waals surface area (Å²) >= 11 is 3.27. The van der Waals surface area contributed by atoms with Crippen LogP contribution >= 0.6 is 15.9 Å². The van der Waals surface area contributed by atoms with Crippen molar-refractivity contribution in [2.45, 2.75) is 0 Å². The number of hydrogen-bond acceptors (Lipinski definition) is 3. The van der Waals surface area contributed by atoms with E-state index in [1.54, 1.807) is 18.5 Å². The van der Waals surface area contributed by atoms with E-state index in [9.17, 15) is 4.79 Å². The fourth-order valence-electron chi connectivity index (χ4n) is 1.06. The van der Waals surface area contributed by atoms with Crippen LogP contribution in [0.2, 0.25) is 0 Å². The normalized spacial score (nSPS) is 9.93. The standard InChI is InChI=1S/C9H7BrN4O/c10-7-1-8(5-11-4-7)14-9(15)6-2-12-13-3-6/h1-5H,(H,12,13)(H,14,15). The molecule has 0 aliphatic carbocycles. The second-order valence-corrected chi connectivity index (χ2v) is 3.75. The average molecular weight is 267 g/mol. The predicted octanol–water partition coefficient (Wildman–Crippen LogP) is 1.82. The molecule has 0 spiro atoms. The second kappa shape index (κ2) is 4.22. The van der Waals surface area contributed by atoms with E-state index in [1.807, 2.05) is 0 Å². The highest BCUT2D eigenvalue weighted by Crippen LogP contribution is 2.14. The van der Waals surface area contributed by atoms with E-state index < -0.39 is 0 Å². The summed E-state index contributed by atoms with van der Waals surface area (Å²) in [6, 6.07) is 1.77. The molecule has 76 valence electrons. The molecular formula is C9H7BrN4O. The van der Waals surface area contributed by atoms with Crippen molar-refractivity contribution in [3.8, 4) is 0 Å². The predicted molar refractivity (Wildman–Crippen MR) is 58.5 cm³/mol. The molecule has 2 aromatic rings. The molecule has 0 saturated heterocycles. The Labute approximate surface area is 94.0 Å². The van der Waals surface area contributed by atoms with Crippen molar-refractivity contribution in [3.05, 3.63) is 40.9 Å². The van der Waals surface area contributed by atoms with Gasteiger partial charge in [0.25, 0.3) is 5.91 Å². The monoisotopic (exact) mass is 266 g/mol. The van der Waals surface area contributed by atoms with Crippen molar-refractivity contribution in [3.63, 3.8) is 0 Å². The first kappa shape index (κ1) is 9.85. The zero-order valence-corrected chi connectivity index (χ0v) is 9.15. The molecule has 0 saturated carbocycles. The zero-order chi connectivity index (χ0) is 10.7. The summed E-state index contributed by atoms with van der Waals surface area (Å²) in [6.45, 7) is 0. The molecule has 5 nitrogen and oxygen atoms in total. The van der Waals surface area contributed by atoms with Crippen LogP contribution in [0.3, 0.4) is 0 Å². The Kier molecular flexibility index (Phi) is 2.77. The van der Waals surface area contributed by atoms with Gasteiger partial charge in [0.15, 0.2) is 0 Å². The second-order valence-electron chi connectivity index (χ2n) is 2.83. The number of nitrogens with zero attached hydrogens (tertiary/aromatic N) is 2. The molecule has 2 N–H and O–H groups in total. The third-order valence-corrected chi connectivity index (χ3v) is 2.16. The zero-order valence-electron chi connectivity index (χ0n) is 7.57. The van der Waals surface area contributed by atoms with Crippen molar-refractivity contribution >= 4 is 27.5 Å². The molecule has 6 heteroatoms. The van der Waals surface area contributed by atoms with Crippen LogP contribution in [0.4, 0.5) is 5.69 Å². The van der Waals surface area contributed by atoms with Gasteiger partial charge in [0.1, 0.15) is 0 Å². The van der Waals surface area contributed by atoms with Gasteiger partial charge in [-0.15, -0.1) is 0 Å². The first-order chi connectivity index (χ1) is 7.25. The van der Waals surface area contributed by atoms with E-state index in [-0.39, 0.29) is 5.91 Å². The van der Waals surface area contributed by atoms with Crippen molar-refractivity contribution in [2.75, 3.05) is 5.32 Å². The molecule has 1 amide bonds. The molecule has 15 heavy (non-hydrogen) atoms. The third-order valence-electron chi connectivity index (χ3n) is 1.72. The molecular weight excluding hydrogens is 260 g/mol. The Bertz CT molecular complexity index is 469. The van der Waals surface area contributed by atoms with Gasteiger partial charge in [-0.1, -0.05) is 0 Å². The van der Waals surface area contributed by atoms with E-state index in [4.69, 9.17) is 0 Å². The third kappa shape index (κ3) is 2.41. The molecule has 0 bridgehead atoms. The van der Waals surface area contributed by atoms with Gasteiger partial charge in [0, 0.05) is 16.9 Å². The van der Waals surface area contributed by atoms with Crippen LogP contribution in [-0.2, 0) is 0 Å². The summed E-state index contributed by atoms with van der Waals surface area (Å²) in [7, 11) is 0. The molecule has 0 aliphatic heterocycles. The molecule has 0 fully saturated rings. The number of anilines is 1. The summed E-state index contributed by atoms with van der Waals surface area (Å²) in [5, 5.41) is 8.96. The average Bonchev–Trinajstić information content (AvgIpc) is 2.70. The van der Waals surface area contributed by atoms with Crippen molar-refractivity contribution < 1.29 is 4.79 Å². The summed E-state index contributed by atoms with van der Waals surface area (Å²) in [6.07, 6.45) is 6.21. The number of carbonyl (C=O) groups is 1. The maximum absolute atomic E-state index is 11.6. The minimum atomic E-state index is -0.219. The Morgan fingerprint density at radius 1 is 1.40 bits per heavy atom. The minimum Gasteiger partial charge on any atom is -0.320 e. The van der Waals surface area contributed by atoms with Gasteiger partial charge in [-0.2, -0.15) is 5.10 Å². The number of hydrogen-bond donors (Lipinski definition) is 2. The van der Waals surface area contributed by atoms with Gasteiger partial charge in [0.05, 0.1) is 23.6 Å². The summed E-state index contributed by atoms with van der Waals surface area (Å²) in [5.74, 6) is -0.219. The fraction of sp³-hybridized carbons (Fsp3) is 0. The van der Waals surface area contributed by atoms with Crippen LogP contribution in [0.15, 0.2) is 35.3 Å². The smallest absolute Gasteiger partial charge is 0.258 e. The largest absolute Gasteiger partial charge is 0.320 e. The minimum absolute atomic E-state index is 0.219. The highest BCUT2D eigenvalue weighted by Gasteiger charge is 2.06. The van der Waals surface area contributed by atoms with Crippen LogP contribution in [0.1, 0.15) is 10.4 Å². The number of H-pyrrole nitrogens is 1. The number of nitrogens with one attached hydrogen (secondary N) is 2. The molecule has 0 radical (unpaired) electrons. The lowest BCUT2D eigenvalue weighted by Crippen LogP contribution is -2.10. The Morgan fingerprint density at radius 3 is 2.93 bits per heavy atom. The number of amides is 1. The fourth-order valence-corrected chi connectivity index (χ4v) is 1.42. The maximum Gasteiger partial charge on any atom is 0.258 e. The molecule has 2 rings (SSSR count). The number of aromatic amines is 1. The van der Waals surface area contributed by atoms with Gasteiger partial charge in [-0.05, 0) is 22.0 Å². The maximum atomic E-state index is 11.6. The van der Waals surface area contributed by atoms with Crippen LogP contribution in [-0.4, -0.2) is 21.1 Å². The number of carbonyl (C=O) groups excluding carboxylic acids is 1. The van der Waals surface area contributed by atoms with E-state index in [1.165, 1.54) is 12.4 Å². The van der Waals surface area contributed by atoms with Crippen molar-refractivity contribution in [1.29, 1.82) is 0 Å². The van der Waals surface area contributed by atoms with Gasteiger partial charge in [0.2, 0.25) is 0 Å². The lowest BCUT2D eigenvalue weighted by Gasteiger charge is -2.02. The highest BCUT2D eigenvalue weighted by atomic mass is 79.9. The van der Waals surface area contributed by atoms with Crippen LogP contribution in [0, 0.1) is 0 Å². The molecule has 0 aromatic carbocycles. The van der Waals surface area contributed by atoms with E-state index in [0.717, 1.165) is 4.47 Å². The number of aromatic nitrogens is 3. The Hall–Kier alpha value is -1.69. The molecule has 2 aromatic heterocycles. The highest BCUT2D eigenvalue weighted by molar-refractivity contribution is 9.10. The molecule has 0 unspecified atom stereocenters. The van der Waals surface area contributed by atoms with Crippen LogP contribution in [0.25, 0.3) is 0 Å². The van der Waals surface area contributed by atoms with E-state index in [2.05, 4.69) is 36.4 Å². The van der Waals surface area contributed by atoms with Gasteiger partial charge >= 0.3 is 0 Å². The molecule has 2 heterocycles. The Morgan fingerprint density at radius 2 is 2.27 bits per heavy atom. The number of halogens is 1. The SMILES string of the molecule is O=C(Nc1cncc(Br)c1)c1cn[nH]c1. The quantitative estimate of drug-likeness (QED) is 0.871. The van der Waals surface area contributed by atoms with Gasteiger partial charge in [-0.25, -0.2) is 0 Å². The topological polar surface area (TPSA) is 70.7 Å². The first-order valence-corrected chi connectivity index (χ1v) is 4.96. The van der Waals surface area contributed by atoms with Gasteiger partial charge < -0.3 is 5.32 Å². The van der Waals surface area contributed by atoms with Gasteiger partial charge in [-0.3, -0.25) is 14.9 Å². The van der Waals surface area contributed by atoms with E-state index >= 15 is 0 Å². The Balaban J connectivity index is 2.13. The molecule has 0 aliphatic rings. The van der Waals surface area contributed by atoms with Crippen molar-refractivity contribution in [2.24, 2.45) is 0 Å². The number of pyridine rings is 1. The lowest BCUT2D eigenvalue weighted by molar-refractivity contribution is 0.102. The van der Waals surface area contributed by atoms with Crippen LogP contribution < -0.4 is 5.32 Å². The summed E-state index contributed by atoms with van der Waals surface area (Å²) in [5.41, 5.74) is 1.12. The van der Waals surface area contributed by atoms with E-state index in [0.29, 0.717) is 11.3 Å². The van der Waals surface area contributed by atoms with Crippen molar-refractivity contribution in [1.82, 2.24) is 15.2 Å². The lowest BCUT2D eigenvalue weighted by atomic mass is 10.3.